The molecule has 4 aromatic carbocycles. The van der Waals surface area contributed by atoms with Crippen LogP contribution in [0, 0.1) is 0 Å². The monoisotopic (exact) mass is 432 g/mol. The van der Waals surface area contributed by atoms with Crippen LogP contribution >= 0.6 is 0 Å². The van der Waals surface area contributed by atoms with Gasteiger partial charge in [0.25, 0.3) is 5.91 Å². The predicted molar refractivity (Wildman–Crippen MR) is 129 cm³/mol. The Labute approximate surface area is 193 Å². The maximum Gasteiger partial charge on any atom is 0.256 e. The van der Waals surface area contributed by atoms with E-state index in [4.69, 9.17) is 0 Å². The van der Waals surface area contributed by atoms with Crippen molar-refractivity contribution in [2.75, 3.05) is 0 Å². The summed E-state index contributed by atoms with van der Waals surface area (Å²) in [4.78, 5) is 28.9. The van der Waals surface area contributed by atoms with E-state index in [2.05, 4.69) is 5.32 Å². The zero-order valence-electron chi connectivity index (χ0n) is 18.1. The third-order valence-corrected chi connectivity index (χ3v) is 6.02. The van der Waals surface area contributed by atoms with Gasteiger partial charge in [-0.15, -0.1) is 0 Å². The standard InChI is InChI=1S/C29H24N2O2/c32-28(30-19-21-11-4-1-5-12-21)27-25-18-10-17-24(23-15-8-3-9-16-23)26(25)29(33)31(27)20-22-13-6-2-7-14-22/h1-18,27H,19-20H2,(H,30,32). The van der Waals surface area contributed by atoms with Crippen LogP contribution in [-0.2, 0) is 17.9 Å². The maximum absolute atomic E-state index is 13.7. The lowest BCUT2D eigenvalue weighted by Gasteiger charge is -2.25. The average Bonchev–Trinajstić information content (AvgIpc) is 3.16. The number of carbonyl (C=O) groups is 2. The maximum atomic E-state index is 13.7. The number of nitrogens with zero attached hydrogens (tertiary/aromatic N) is 1. The molecule has 4 heteroatoms. The van der Waals surface area contributed by atoms with Crippen molar-refractivity contribution in [2.45, 2.75) is 19.1 Å². The number of amides is 2. The van der Waals surface area contributed by atoms with E-state index in [1.807, 2.05) is 109 Å². The SMILES string of the molecule is O=C(NCc1ccccc1)C1c2cccc(-c3ccccc3)c2C(=O)N1Cc1ccccc1. The summed E-state index contributed by atoms with van der Waals surface area (Å²) in [5.41, 5.74) is 5.19. The van der Waals surface area contributed by atoms with Gasteiger partial charge in [0.05, 0.1) is 5.56 Å². The molecule has 0 aliphatic carbocycles. The number of rotatable bonds is 6. The van der Waals surface area contributed by atoms with E-state index in [-0.39, 0.29) is 11.8 Å². The zero-order valence-corrected chi connectivity index (χ0v) is 18.1. The summed E-state index contributed by atoms with van der Waals surface area (Å²) < 4.78 is 0. The lowest BCUT2D eigenvalue weighted by molar-refractivity contribution is -0.125. The Kier molecular flexibility index (Phi) is 5.73. The van der Waals surface area contributed by atoms with Gasteiger partial charge in [0, 0.05) is 13.1 Å². The van der Waals surface area contributed by atoms with Gasteiger partial charge < -0.3 is 10.2 Å². The van der Waals surface area contributed by atoms with Gasteiger partial charge in [-0.1, -0.05) is 109 Å². The Balaban J connectivity index is 1.53. The first-order valence-electron chi connectivity index (χ1n) is 11.1. The normalized spacial score (nSPS) is 14.7. The van der Waals surface area contributed by atoms with E-state index in [9.17, 15) is 9.59 Å². The van der Waals surface area contributed by atoms with E-state index in [0.29, 0.717) is 18.7 Å². The quantitative estimate of drug-likeness (QED) is 0.445. The van der Waals surface area contributed by atoms with Crippen molar-refractivity contribution in [1.29, 1.82) is 0 Å². The number of carbonyl (C=O) groups excluding carboxylic acids is 2. The molecule has 1 heterocycles. The number of hydrogen-bond acceptors (Lipinski definition) is 2. The van der Waals surface area contributed by atoms with Gasteiger partial charge in [-0.3, -0.25) is 9.59 Å². The summed E-state index contributed by atoms with van der Waals surface area (Å²) in [5, 5.41) is 3.04. The number of hydrogen-bond donors (Lipinski definition) is 1. The lowest BCUT2D eigenvalue weighted by Crippen LogP contribution is -2.38. The van der Waals surface area contributed by atoms with Crippen LogP contribution in [-0.4, -0.2) is 16.7 Å². The number of fused-ring (bicyclic) bond motifs is 1. The molecular formula is C29H24N2O2. The van der Waals surface area contributed by atoms with Crippen molar-refractivity contribution >= 4 is 11.8 Å². The van der Waals surface area contributed by atoms with Crippen LogP contribution in [0.25, 0.3) is 11.1 Å². The Morgan fingerprint density at radius 3 is 2.00 bits per heavy atom. The molecule has 4 nitrogen and oxygen atoms in total. The first-order chi connectivity index (χ1) is 16.2. The highest BCUT2D eigenvalue weighted by Gasteiger charge is 2.42. The van der Waals surface area contributed by atoms with Crippen LogP contribution in [0.2, 0.25) is 0 Å². The summed E-state index contributed by atoms with van der Waals surface area (Å²) in [7, 11) is 0. The molecule has 0 radical (unpaired) electrons. The van der Waals surface area contributed by atoms with E-state index >= 15 is 0 Å². The molecule has 2 amide bonds. The van der Waals surface area contributed by atoms with Gasteiger partial charge in [-0.05, 0) is 27.8 Å². The van der Waals surface area contributed by atoms with Crippen LogP contribution in [0.15, 0.2) is 109 Å². The van der Waals surface area contributed by atoms with E-state index in [1.54, 1.807) is 4.90 Å². The second-order valence-electron chi connectivity index (χ2n) is 8.16. The van der Waals surface area contributed by atoms with Crippen LogP contribution in [0.4, 0.5) is 0 Å². The second-order valence-corrected chi connectivity index (χ2v) is 8.16. The minimum Gasteiger partial charge on any atom is -0.350 e. The van der Waals surface area contributed by atoms with Gasteiger partial charge in [-0.2, -0.15) is 0 Å². The number of nitrogens with one attached hydrogen (secondary N) is 1. The molecule has 5 rings (SSSR count). The molecule has 4 aromatic rings. The van der Waals surface area contributed by atoms with Gasteiger partial charge in [-0.25, -0.2) is 0 Å². The first-order valence-corrected chi connectivity index (χ1v) is 11.1. The van der Waals surface area contributed by atoms with Crippen LogP contribution in [0.1, 0.15) is 33.1 Å². The highest BCUT2D eigenvalue weighted by atomic mass is 16.2. The Bertz CT molecular complexity index is 1270. The summed E-state index contributed by atoms with van der Waals surface area (Å²) in [6.07, 6.45) is 0. The first kappa shape index (κ1) is 20.7. The molecule has 1 aliphatic rings. The molecule has 33 heavy (non-hydrogen) atoms. The third kappa shape index (κ3) is 4.15. The Morgan fingerprint density at radius 1 is 0.727 bits per heavy atom. The molecule has 162 valence electrons. The predicted octanol–water partition coefficient (Wildman–Crippen LogP) is 5.37. The van der Waals surface area contributed by atoms with E-state index < -0.39 is 6.04 Å². The van der Waals surface area contributed by atoms with Crippen molar-refractivity contribution in [3.05, 3.63) is 131 Å². The highest BCUT2D eigenvalue weighted by Crippen LogP contribution is 2.40. The van der Waals surface area contributed by atoms with Gasteiger partial charge in [0.1, 0.15) is 6.04 Å². The lowest BCUT2D eigenvalue weighted by atomic mass is 9.94. The van der Waals surface area contributed by atoms with Gasteiger partial charge >= 0.3 is 0 Å². The fourth-order valence-electron chi connectivity index (χ4n) is 4.43. The second kappa shape index (κ2) is 9.13. The van der Waals surface area contributed by atoms with Crippen LogP contribution in [0.5, 0.6) is 0 Å². The summed E-state index contributed by atoms with van der Waals surface area (Å²) in [6.45, 7) is 0.781. The molecule has 0 aromatic heterocycles. The summed E-state index contributed by atoms with van der Waals surface area (Å²) in [6, 6.07) is 34.6. The van der Waals surface area contributed by atoms with E-state index in [0.717, 1.165) is 27.8 Å². The largest absolute Gasteiger partial charge is 0.350 e. The Hall–Kier alpha value is -4.18. The fraction of sp³-hybridized carbons (Fsp3) is 0.103. The molecule has 0 bridgehead atoms. The zero-order chi connectivity index (χ0) is 22.6. The van der Waals surface area contributed by atoms with Gasteiger partial charge in [0.15, 0.2) is 0 Å². The third-order valence-electron chi connectivity index (χ3n) is 6.02. The Morgan fingerprint density at radius 2 is 1.33 bits per heavy atom. The smallest absolute Gasteiger partial charge is 0.256 e. The number of benzene rings is 4. The molecule has 0 saturated heterocycles. The van der Waals surface area contributed by atoms with Gasteiger partial charge in [0.2, 0.25) is 5.91 Å². The molecule has 1 N–H and O–H groups in total. The average molecular weight is 433 g/mol. The van der Waals surface area contributed by atoms with E-state index in [1.165, 1.54) is 0 Å². The molecule has 1 unspecified atom stereocenters. The molecule has 0 fully saturated rings. The van der Waals surface area contributed by atoms with Crippen LogP contribution in [0.3, 0.4) is 0 Å². The molecular weight excluding hydrogens is 408 g/mol. The topological polar surface area (TPSA) is 49.4 Å². The van der Waals surface area contributed by atoms with Crippen LogP contribution < -0.4 is 5.32 Å². The minimum atomic E-state index is -0.680. The summed E-state index contributed by atoms with van der Waals surface area (Å²) >= 11 is 0. The summed E-state index contributed by atoms with van der Waals surface area (Å²) in [5.74, 6) is -0.291. The molecule has 0 saturated carbocycles. The molecule has 1 atom stereocenters. The molecule has 0 spiro atoms. The molecule has 1 aliphatic heterocycles. The minimum absolute atomic E-state index is 0.117. The van der Waals surface area contributed by atoms with Crippen molar-refractivity contribution in [3.8, 4) is 11.1 Å². The highest BCUT2D eigenvalue weighted by molar-refractivity contribution is 6.09. The van der Waals surface area contributed by atoms with Crippen molar-refractivity contribution in [1.82, 2.24) is 10.2 Å². The van der Waals surface area contributed by atoms with Crippen molar-refractivity contribution in [2.24, 2.45) is 0 Å². The van der Waals surface area contributed by atoms with Crippen molar-refractivity contribution < 1.29 is 9.59 Å². The van der Waals surface area contributed by atoms with Crippen molar-refractivity contribution in [3.63, 3.8) is 0 Å². The fourth-order valence-corrected chi connectivity index (χ4v) is 4.43.